The van der Waals surface area contributed by atoms with Gasteiger partial charge in [0.25, 0.3) is 5.91 Å². The lowest BCUT2D eigenvalue weighted by Crippen LogP contribution is -2.42. The number of hydrogen-bond donors (Lipinski definition) is 1. The molecule has 3 amide bonds. The fourth-order valence-corrected chi connectivity index (χ4v) is 3.12. The van der Waals surface area contributed by atoms with Crippen molar-refractivity contribution in [3.05, 3.63) is 35.4 Å². The summed E-state index contributed by atoms with van der Waals surface area (Å²) in [5.41, 5.74) is -1.57. The lowest BCUT2D eigenvalue weighted by Gasteiger charge is -2.23. The molecule has 0 bridgehead atoms. The number of nitrogens with one attached hydrogen (secondary N) is 1. The Balaban J connectivity index is 1.78. The summed E-state index contributed by atoms with van der Waals surface area (Å²) in [5.74, 6) is -2.13. The Morgan fingerprint density at radius 2 is 2.17 bits per heavy atom. The summed E-state index contributed by atoms with van der Waals surface area (Å²) in [6.45, 7) is 2.34. The number of ether oxygens (including phenoxy) is 1. The second kappa shape index (κ2) is 5.88. The molecule has 5 nitrogen and oxygen atoms in total. The van der Waals surface area contributed by atoms with Crippen molar-refractivity contribution in [2.24, 2.45) is 0 Å². The van der Waals surface area contributed by atoms with E-state index in [2.05, 4.69) is 5.32 Å². The van der Waals surface area contributed by atoms with Gasteiger partial charge in [-0.3, -0.25) is 9.69 Å². The van der Waals surface area contributed by atoms with E-state index in [-0.39, 0.29) is 18.2 Å². The van der Waals surface area contributed by atoms with E-state index in [9.17, 15) is 18.4 Å². The quantitative estimate of drug-likeness (QED) is 0.865. The summed E-state index contributed by atoms with van der Waals surface area (Å²) >= 11 is 0. The Morgan fingerprint density at radius 1 is 1.39 bits per heavy atom. The molecule has 2 fully saturated rings. The highest BCUT2D eigenvalue weighted by molar-refractivity contribution is 6.07. The smallest absolute Gasteiger partial charge is 0.325 e. The molecule has 0 saturated carbocycles. The van der Waals surface area contributed by atoms with Gasteiger partial charge in [0, 0.05) is 24.8 Å². The molecule has 1 aromatic carbocycles. The monoisotopic (exact) mass is 324 g/mol. The molecular formula is C16H18F2N2O3. The van der Waals surface area contributed by atoms with Gasteiger partial charge in [-0.25, -0.2) is 13.6 Å². The van der Waals surface area contributed by atoms with Crippen LogP contribution in [0.1, 0.15) is 31.7 Å². The average molecular weight is 324 g/mol. The van der Waals surface area contributed by atoms with Crippen LogP contribution in [0.3, 0.4) is 0 Å². The van der Waals surface area contributed by atoms with Crippen molar-refractivity contribution >= 4 is 11.9 Å². The predicted octanol–water partition coefficient (Wildman–Crippen LogP) is 2.30. The van der Waals surface area contributed by atoms with Crippen molar-refractivity contribution in [2.45, 2.75) is 37.8 Å². The maximum absolute atomic E-state index is 14.0. The number of amides is 3. The number of carbonyl (C=O) groups is 2. The summed E-state index contributed by atoms with van der Waals surface area (Å²) in [7, 11) is 0. The highest BCUT2D eigenvalue weighted by Crippen LogP contribution is 2.31. The second-order valence-electron chi connectivity index (χ2n) is 6.06. The first kappa shape index (κ1) is 15.9. The first-order valence-corrected chi connectivity index (χ1v) is 7.63. The summed E-state index contributed by atoms with van der Waals surface area (Å²) in [6, 6.07) is 2.39. The zero-order valence-electron chi connectivity index (χ0n) is 12.8. The second-order valence-corrected chi connectivity index (χ2v) is 6.06. The van der Waals surface area contributed by atoms with Crippen LogP contribution in [0.25, 0.3) is 0 Å². The van der Waals surface area contributed by atoms with Crippen LogP contribution >= 0.6 is 0 Å². The Labute approximate surface area is 132 Å². The van der Waals surface area contributed by atoms with Crippen LogP contribution in [-0.2, 0) is 15.1 Å². The maximum atomic E-state index is 14.0. The Morgan fingerprint density at radius 3 is 2.83 bits per heavy atom. The number of nitrogens with zero attached hydrogens (tertiary/aromatic N) is 1. The third kappa shape index (κ3) is 2.81. The number of rotatable bonds is 4. The minimum atomic E-state index is -1.52. The van der Waals surface area contributed by atoms with E-state index in [1.165, 1.54) is 13.0 Å². The molecule has 3 rings (SSSR count). The van der Waals surface area contributed by atoms with Gasteiger partial charge in [-0.2, -0.15) is 0 Å². The maximum Gasteiger partial charge on any atom is 0.325 e. The van der Waals surface area contributed by atoms with E-state index in [1.54, 1.807) is 0 Å². The first-order chi connectivity index (χ1) is 10.9. The zero-order chi connectivity index (χ0) is 16.6. The fraction of sp³-hybridized carbons (Fsp3) is 0.500. The Kier molecular flexibility index (Phi) is 4.06. The number of benzene rings is 1. The summed E-state index contributed by atoms with van der Waals surface area (Å²) in [5, 5.41) is 2.52. The number of halogens is 2. The van der Waals surface area contributed by atoms with Gasteiger partial charge in [-0.1, -0.05) is 6.07 Å². The predicted molar refractivity (Wildman–Crippen MR) is 77.5 cm³/mol. The van der Waals surface area contributed by atoms with Gasteiger partial charge in [0.2, 0.25) is 0 Å². The van der Waals surface area contributed by atoms with Gasteiger partial charge < -0.3 is 10.1 Å². The Bertz CT molecular complexity index is 646. The van der Waals surface area contributed by atoms with Gasteiger partial charge >= 0.3 is 6.03 Å². The molecule has 2 heterocycles. The lowest BCUT2D eigenvalue weighted by molar-refractivity contribution is -0.131. The van der Waals surface area contributed by atoms with Crippen molar-refractivity contribution < 1.29 is 23.1 Å². The van der Waals surface area contributed by atoms with Gasteiger partial charge in [0.15, 0.2) is 0 Å². The number of imide groups is 1. The van der Waals surface area contributed by atoms with E-state index in [0.717, 1.165) is 23.8 Å². The Hall–Kier alpha value is -2.02. The topological polar surface area (TPSA) is 58.6 Å². The van der Waals surface area contributed by atoms with Gasteiger partial charge in [-0.05, 0) is 32.3 Å². The summed E-state index contributed by atoms with van der Waals surface area (Å²) < 4.78 is 32.6. The summed E-state index contributed by atoms with van der Waals surface area (Å²) in [6.07, 6.45) is 2.49. The molecule has 0 radical (unpaired) electrons. The van der Waals surface area contributed by atoms with Crippen molar-refractivity contribution in [2.75, 3.05) is 13.2 Å². The molecule has 2 saturated heterocycles. The van der Waals surface area contributed by atoms with Crippen LogP contribution in [0.4, 0.5) is 13.6 Å². The van der Waals surface area contributed by atoms with Crippen LogP contribution in [0.2, 0.25) is 0 Å². The van der Waals surface area contributed by atoms with Crippen molar-refractivity contribution in [3.8, 4) is 0 Å². The van der Waals surface area contributed by atoms with Gasteiger partial charge in [0.05, 0.1) is 6.10 Å². The highest BCUT2D eigenvalue weighted by Gasteiger charge is 2.50. The van der Waals surface area contributed by atoms with E-state index >= 15 is 0 Å². The molecule has 2 atom stereocenters. The van der Waals surface area contributed by atoms with E-state index in [1.807, 2.05) is 0 Å². The third-order valence-corrected chi connectivity index (χ3v) is 4.44. The van der Waals surface area contributed by atoms with E-state index in [0.29, 0.717) is 19.1 Å². The third-order valence-electron chi connectivity index (χ3n) is 4.44. The standard InChI is InChI=1S/C16H18F2N2O3/c1-16(12-5-4-10(17)9-13(12)18)14(21)20(15(22)19-16)7-6-11-3-2-8-23-11/h4-5,9,11H,2-3,6-8H2,1H3,(H,19,22). The van der Waals surface area contributed by atoms with Gasteiger partial charge in [-0.15, -0.1) is 0 Å². The number of hydrogen-bond acceptors (Lipinski definition) is 3. The molecule has 0 spiro atoms. The number of urea groups is 1. The SMILES string of the molecule is CC1(c2ccc(F)cc2F)NC(=O)N(CCC2CCCO2)C1=O. The fourth-order valence-electron chi connectivity index (χ4n) is 3.12. The van der Waals surface area contributed by atoms with Gasteiger partial charge in [0.1, 0.15) is 17.2 Å². The molecule has 2 aliphatic heterocycles. The van der Waals surface area contributed by atoms with Crippen LogP contribution in [0.5, 0.6) is 0 Å². The minimum Gasteiger partial charge on any atom is -0.378 e. The van der Waals surface area contributed by atoms with Crippen LogP contribution < -0.4 is 5.32 Å². The molecule has 7 heteroatoms. The van der Waals surface area contributed by atoms with E-state index in [4.69, 9.17) is 4.74 Å². The number of carbonyl (C=O) groups excluding carboxylic acids is 2. The zero-order valence-corrected chi connectivity index (χ0v) is 12.8. The molecule has 1 aromatic rings. The van der Waals surface area contributed by atoms with Crippen molar-refractivity contribution in [1.29, 1.82) is 0 Å². The largest absolute Gasteiger partial charge is 0.378 e. The first-order valence-electron chi connectivity index (χ1n) is 7.63. The molecule has 2 aliphatic rings. The summed E-state index contributed by atoms with van der Waals surface area (Å²) in [4.78, 5) is 25.8. The highest BCUT2D eigenvalue weighted by atomic mass is 19.1. The van der Waals surface area contributed by atoms with Crippen molar-refractivity contribution in [3.63, 3.8) is 0 Å². The minimum absolute atomic E-state index is 0.0446. The van der Waals surface area contributed by atoms with Crippen LogP contribution in [0.15, 0.2) is 18.2 Å². The van der Waals surface area contributed by atoms with Crippen LogP contribution in [0, 0.1) is 11.6 Å². The van der Waals surface area contributed by atoms with E-state index < -0.39 is 29.1 Å². The molecular weight excluding hydrogens is 306 g/mol. The molecule has 1 N–H and O–H groups in total. The molecule has 0 aliphatic carbocycles. The molecule has 2 unspecified atom stereocenters. The molecule has 0 aromatic heterocycles. The normalized spacial score (nSPS) is 27.6. The van der Waals surface area contributed by atoms with Crippen molar-refractivity contribution in [1.82, 2.24) is 10.2 Å². The molecule has 23 heavy (non-hydrogen) atoms. The lowest BCUT2D eigenvalue weighted by atomic mass is 9.91. The van der Waals surface area contributed by atoms with Crippen LogP contribution in [-0.4, -0.2) is 36.1 Å². The molecule has 124 valence electrons. The average Bonchev–Trinajstić information content (AvgIpc) is 3.06.